The minimum absolute atomic E-state index is 0.0300. The Kier molecular flexibility index (Phi) is 6.04. The Bertz CT molecular complexity index is 830. The summed E-state index contributed by atoms with van der Waals surface area (Å²) in [5, 5.41) is 32.7. The summed E-state index contributed by atoms with van der Waals surface area (Å²) < 4.78 is 0. The minimum atomic E-state index is -1.79. The normalized spacial score (nSPS) is 45.0. The molecule has 0 saturated heterocycles. The molecule has 0 radical (unpaired) electrons. The van der Waals surface area contributed by atoms with Crippen LogP contribution in [0.1, 0.15) is 92.4 Å². The molecule has 0 amide bonds. The lowest BCUT2D eigenvalue weighted by Crippen LogP contribution is -2.67. The molecule has 5 nitrogen and oxygen atoms in total. The van der Waals surface area contributed by atoms with Crippen LogP contribution in [-0.4, -0.2) is 44.7 Å². The number of rotatable bonds is 5. The van der Waals surface area contributed by atoms with Crippen LogP contribution in [0.5, 0.6) is 0 Å². The number of aliphatic hydroxyl groups is 3. The smallest absolute Gasteiger partial charge is 0.190 e. The second kappa shape index (κ2) is 8.02. The fraction of sp³-hybridized carbons (Fsp3) is 0.852. The highest BCUT2D eigenvalue weighted by Gasteiger charge is 2.68. The number of ketones is 2. The van der Waals surface area contributed by atoms with Crippen LogP contribution in [-0.2, 0) is 9.59 Å². The van der Waals surface area contributed by atoms with Crippen LogP contribution in [0.2, 0.25) is 0 Å². The van der Waals surface area contributed by atoms with Crippen molar-refractivity contribution in [3.63, 3.8) is 0 Å². The van der Waals surface area contributed by atoms with Gasteiger partial charge in [0.15, 0.2) is 11.6 Å². The van der Waals surface area contributed by atoms with Crippen molar-refractivity contribution in [2.45, 2.75) is 110 Å². The average molecular weight is 447 g/mol. The molecule has 4 aliphatic rings. The van der Waals surface area contributed by atoms with E-state index in [1.54, 1.807) is 0 Å². The summed E-state index contributed by atoms with van der Waals surface area (Å²) in [7, 11) is 0. The Hall–Kier alpha value is -1.04. The van der Waals surface area contributed by atoms with Gasteiger partial charge >= 0.3 is 0 Å². The molecular weight excluding hydrogens is 404 g/mol. The lowest BCUT2D eigenvalue weighted by atomic mass is 9.47. The Balaban J connectivity index is 1.71. The summed E-state index contributed by atoms with van der Waals surface area (Å²) in [5.74, 6) is 1.00. The molecule has 0 aromatic rings. The molecule has 2 saturated carbocycles. The molecule has 3 N–H and O–H groups in total. The molecule has 8 atom stereocenters. The molecular formula is C27H42O5. The summed E-state index contributed by atoms with van der Waals surface area (Å²) >= 11 is 0. The van der Waals surface area contributed by atoms with Gasteiger partial charge in [-0.15, -0.1) is 0 Å². The Morgan fingerprint density at radius 2 is 1.72 bits per heavy atom. The van der Waals surface area contributed by atoms with Gasteiger partial charge in [-0.1, -0.05) is 53.9 Å². The quantitative estimate of drug-likeness (QED) is 0.594. The number of fused-ring (bicyclic) bond motifs is 4. The molecule has 2 fully saturated rings. The van der Waals surface area contributed by atoms with Crippen LogP contribution in [0.3, 0.4) is 0 Å². The van der Waals surface area contributed by atoms with E-state index in [1.165, 1.54) is 12.8 Å². The molecule has 32 heavy (non-hydrogen) atoms. The molecule has 0 aromatic heterocycles. The van der Waals surface area contributed by atoms with Crippen molar-refractivity contribution in [3.05, 3.63) is 11.1 Å². The molecule has 5 heteroatoms. The zero-order chi connectivity index (χ0) is 23.6. The predicted molar refractivity (Wildman–Crippen MR) is 123 cm³/mol. The second-order valence-electron chi connectivity index (χ2n) is 12.4. The van der Waals surface area contributed by atoms with Crippen molar-refractivity contribution < 1.29 is 24.9 Å². The maximum Gasteiger partial charge on any atom is 0.190 e. The average Bonchev–Trinajstić information content (AvgIpc) is 3.04. The largest absolute Gasteiger partial charge is 0.393 e. The second-order valence-corrected chi connectivity index (χ2v) is 12.4. The summed E-state index contributed by atoms with van der Waals surface area (Å²) in [5.41, 5.74) is -2.07. The Morgan fingerprint density at radius 1 is 1.03 bits per heavy atom. The van der Waals surface area contributed by atoms with Crippen molar-refractivity contribution >= 4 is 11.6 Å². The van der Waals surface area contributed by atoms with Gasteiger partial charge in [-0.05, 0) is 54.8 Å². The van der Waals surface area contributed by atoms with Crippen LogP contribution in [0.15, 0.2) is 11.1 Å². The highest BCUT2D eigenvalue weighted by Crippen LogP contribution is 2.65. The van der Waals surface area contributed by atoms with E-state index in [4.69, 9.17) is 0 Å². The molecule has 0 bridgehead atoms. The monoisotopic (exact) mass is 446 g/mol. The maximum absolute atomic E-state index is 13.7. The molecule has 0 heterocycles. The van der Waals surface area contributed by atoms with E-state index in [-0.39, 0.29) is 23.5 Å². The lowest BCUT2D eigenvalue weighted by molar-refractivity contribution is -0.194. The van der Waals surface area contributed by atoms with Crippen LogP contribution >= 0.6 is 0 Å². The summed E-state index contributed by atoms with van der Waals surface area (Å²) in [6.07, 6.45) is 4.22. The van der Waals surface area contributed by atoms with E-state index in [0.29, 0.717) is 48.2 Å². The molecule has 0 spiro atoms. The van der Waals surface area contributed by atoms with Gasteiger partial charge in [0, 0.05) is 29.4 Å². The summed E-state index contributed by atoms with van der Waals surface area (Å²) in [6.45, 7) is 10.8. The van der Waals surface area contributed by atoms with E-state index >= 15 is 0 Å². The number of carbonyl (C=O) groups excluding carboxylic acids is 2. The fourth-order valence-corrected chi connectivity index (χ4v) is 8.11. The van der Waals surface area contributed by atoms with Gasteiger partial charge in [0.25, 0.3) is 0 Å². The zero-order valence-electron chi connectivity index (χ0n) is 20.5. The minimum Gasteiger partial charge on any atom is -0.393 e. The first-order chi connectivity index (χ1) is 14.9. The van der Waals surface area contributed by atoms with Gasteiger partial charge in [0.2, 0.25) is 0 Å². The van der Waals surface area contributed by atoms with Gasteiger partial charge in [-0.25, -0.2) is 0 Å². The first-order valence-corrected chi connectivity index (χ1v) is 12.8. The molecule has 4 aliphatic carbocycles. The maximum atomic E-state index is 13.7. The highest BCUT2D eigenvalue weighted by atomic mass is 16.4. The third-order valence-electron chi connectivity index (χ3n) is 9.97. The van der Waals surface area contributed by atoms with Crippen LogP contribution in [0.4, 0.5) is 0 Å². The van der Waals surface area contributed by atoms with Crippen LogP contribution in [0, 0.1) is 34.5 Å². The van der Waals surface area contributed by atoms with Crippen molar-refractivity contribution in [2.75, 3.05) is 0 Å². The number of hydrogen-bond acceptors (Lipinski definition) is 5. The van der Waals surface area contributed by atoms with Crippen molar-refractivity contribution in [1.82, 2.24) is 0 Å². The van der Waals surface area contributed by atoms with E-state index in [0.717, 1.165) is 19.3 Å². The van der Waals surface area contributed by atoms with Gasteiger partial charge in [0.1, 0.15) is 11.7 Å². The third-order valence-corrected chi connectivity index (χ3v) is 9.97. The van der Waals surface area contributed by atoms with E-state index in [2.05, 4.69) is 27.7 Å². The summed E-state index contributed by atoms with van der Waals surface area (Å²) in [6, 6.07) is 0. The highest BCUT2D eigenvalue weighted by molar-refractivity contribution is 6.13. The zero-order valence-corrected chi connectivity index (χ0v) is 20.5. The topological polar surface area (TPSA) is 94.8 Å². The lowest BCUT2D eigenvalue weighted by Gasteiger charge is -2.58. The predicted octanol–water partition coefficient (Wildman–Crippen LogP) is 3.98. The Labute approximate surface area is 192 Å². The molecule has 180 valence electrons. The molecule has 0 unspecified atom stereocenters. The van der Waals surface area contributed by atoms with Gasteiger partial charge in [-0.3, -0.25) is 9.59 Å². The number of hydrogen-bond donors (Lipinski definition) is 3. The van der Waals surface area contributed by atoms with Gasteiger partial charge < -0.3 is 15.3 Å². The molecule has 0 aliphatic heterocycles. The van der Waals surface area contributed by atoms with Crippen molar-refractivity contribution in [1.29, 1.82) is 0 Å². The first kappa shape index (κ1) is 24.1. The molecule has 0 aromatic carbocycles. The van der Waals surface area contributed by atoms with Crippen molar-refractivity contribution in [3.8, 4) is 0 Å². The SMILES string of the molecule is CC(C)CCC[C@@H](C)[C@H]1CC[C@H]2C3=C(C(=O)C[C@]12C)[C@@]1(C)CC[C@H](O)C[C@]1(O)[C@H](O)C3=O. The van der Waals surface area contributed by atoms with E-state index in [1.807, 2.05) is 6.92 Å². The van der Waals surface area contributed by atoms with Crippen LogP contribution < -0.4 is 0 Å². The van der Waals surface area contributed by atoms with E-state index < -0.39 is 29.0 Å². The standard InChI is InChI=1S/C27H42O5/c1-15(2)7-6-8-16(3)18-9-10-19-21-22(20(29)14-25(18,19)4)26(5)12-11-17(28)13-27(26,32)24(31)23(21)30/h15-19,24,28,31-32H,6-14H2,1-5H3/t16-,17+,18-,19+,24-,25-,26-,27+/m1/s1. The van der Waals surface area contributed by atoms with Gasteiger partial charge in [-0.2, -0.15) is 0 Å². The van der Waals surface area contributed by atoms with Crippen molar-refractivity contribution in [2.24, 2.45) is 34.5 Å². The number of Topliss-reactive ketones (excluding diaryl/α,β-unsaturated/α-hetero) is 2. The Morgan fingerprint density at radius 3 is 2.38 bits per heavy atom. The van der Waals surface area contributed by atoms with Crippen LogP contribution in [0.25, 0.3) is 0 Å². The number of aliphatic hydroxyl groups excluding tert-OH is 2. The van der Waals surface area contributed by atoms with Gasteiger partial charge in [0.05, 0.1) is 6.10 Å². The third kappa shape index (κ3) is 3.29. The number of carbonyl (C=O) groups is 2. The fourth-order valence-electron chi connectivity index (χ4n) is 8.11. The molecule has 4 rings (SSSR count). The first-order valence-electron chi connectivity index (χ1n) is 12.8. The summed E-state index contributed by atoms with van der Waals surface area (Å²) in [4.78, 5) is 27.2. The van der Waals surface area contributed by atoms with E-state index in [9.17, 15) is 24.9 Å².